The maximum atomic E-state index is 13.4. The lowest BCUT2D eigenvalue weighted by atomic mass is 10.0. The summed E-state index contributed by atoms with van der Waals surface area (Å²) in [6.45, 7) is 9.99. The summed E-state index contributed by atoms with van der Waals surface area (Å²) < 4.78 is 7.06. The number of anilines is 2. The molecule has 1 fully saturated rings. The maximum Gasteiger partial charge on any atom is 0.259 e. The molecule has 0 saturated carbocycles. The number of aryl methyl sites for hydroxylation is 2. The zero-order valence-corrected chi connectivity index (χ0v) is 20.1. The lowest BCUT2D eigenvalue weighted by Crippen LogP contribution is -2.54. The zero-order chi connectivity index (χ0) is 24.0. The highest BCUT2D eigenvalue weighted by molar-refractivity contribution is 6.13. The number of nitrogens with one attached hydrogen (secondary N) is 2. The van der Waals surface area contributed by atoms with Crippen LogP contribution in [0.4, 0.5) is 11.5 Å². The summed E-state index contributed by atoms with van der Waals surface area (Å²) in [5.41, 5.74) is 4.70. The molecule has 3 aromatic heterocycles. The molecule has 0 bridgehead atoms. The van der Waals surface area contributed by atoms with Gasteiger partial charge in [-0.15, -0.1) is 5.10 Å². The standard InChI is InChI=1S/C25H29N7O2/c1-14-10-21(30-32-13-17(4)27-24(14)32)28-25(33)19-6-8-20(31-11-15(2)26-16(3)12-31)18-7-9-22(34-5)29-23(18)19/h6-10,13,15-16,26H,11-12H2,1-5H3,(H,28,30,33)/t15-,16-/m0/s1. The van der Waals surface area contributed by atoms with E-state index in [0.717, 1.165) is 41.1 Å². The van der Waals surface area contributed by atoms with Gasteiger partial charge >= 0.3 is 0 Å². The number of hydrogen-bond donors (Lipinski definition) is 2. The second-order valence-electron chi connectivity index (χ2n) is 9.07. The van der Waals surface area contributed by atoms with Crippen LogP contribution in [-0.4, -0.2) is 57.8 Å². The van der Waals surface area contributed by atoms with Crippen LogP contribution in [0, 0.1) is 13.8 Å². The minimum absolute atomic E-state index is 0.276. The van der Waals surface area contributed by atoms with Gasteiger partial charge in [-0.25, -0.2) is 14.5 Å². The summed E-state index contributed by atoms with van der Waals surface area (Å²) in [5, 5.41) is 11.9. The number of fused-ring (bicyclic) bond motifs is 2. The third-order valence-electron chi connectivity index (χ3n) is 6.13. The van der Waals surface area contributed by atoms with Crippen molar-refractivity contribution in [1.29, 1.82) is 0 Å². The molecular formula is C25H29N7O2. The first kappa shape index (κ1) is 22.1. The molecule has 1 amide bonds. The largest absolute Gasteiger partial charge is 0.481 e. The number of piperazine rings is 1. The van der Waals surface area contributed by atoms with Gasteiger partial charge in [0.15, 0.2) is 11.5 Å². The molecule has 9 nitrogen and oxygen atoms in total. The van der Waals surface area contributed by atoms with Gasteiger partial charge in [0.05, 0.1) is 30.1 Å². The molecule has 4 aromatic rings. The lowest BCUT2D eigenvalue weighted by molar-refractivity contribution is 0.102. The van der Waals surface area contributed by atoms with Crippen molar-refractivity contribution in [2.24, 2.45) is 0 Å². The van der Waals surface area contributed by atoms with Crippen molar-refractivity contribution in [3.8, 4) is 5.88 Å². The fourth-order valence-corrected chi connectivity index (χ4v) is 4.77. The number of methoxy groups -OCH3 is 1. The second-order valence-corrected chi connectivity index (χ2v) is 9.07. The highest BCUT2D eigenvalue weighted by Crippen LogP contribution is 2.32. The van der Waals surface area contributed by atoms with Crippen LogP contribution < -0.4 is 20.3 Å². The Hall–Kier alpha value is -3.72. The third-order valence-corrected chi connectivity index (χ3v) is 6.13. The Morgan fingerprint density at radius 1 is 1.12 bits per heavy atom. The lowest BCUT2D eigenvalue weighted by Gasteiger charge is -2.38. The Morgan fingerprint density at radius 3 is 2.62 bits per heavy atom. The number of rotatable bonds is 4. The zero-order valence-electron chi connectivity index (χ0n) is 20.1. The number of nitrogens with zero attached hydrogens (tertiary/aromatic N) is 5. The first-order valence-corrected chi connectivity index (χ1v) is 11.5. The van der Waals surface area contributed by atoms with Gasteiger partial charge in [0.25, 0.3) is 5.91 Å². The average Bonchev–Trinajstić information content (AvgIpc) is 3.18. The fourth-order valence-electron chi connectivity index (χ4n) is 4.77. The molecule has 0 spiro atoms. The highest BCUT2D eigenvalue weighted by Gasteiger charge is 2.24. The van der Waals surface area contributed by atoms with Gasteiger partial charge in [0.2, 0.25) is 5.88 Å². The number of benzene rings is 1. The molecule has 2 N–H and O–H groups in total. The van der Waals surface area contributed by atoms with E-state index in [9.17, 15) is 4.79 Å². The van der Waals surface area contributed by atoms with Crippen molar-refractivity contribution < 1.29 is 9.53 Å². The van der Waals surface area contributed by atoms with Crippen LogP contribution in [0.25, 0.3) is 16.6 Å². The van der Waals surface area contributed by atoms with Gasteiger partial charge in [0.1, 0.15) is 0 Å². The number of hydrogen-bond acceptors (Lipinski definition) is 7. The van der Waals surface area contributed by atoms with Crippen LogP contribution in [0.2, 0.25) is 0 Å². The van der Waals surface area contributed by atoms with Gasteiger partial charge in [0, 0.05) is 42.3 Å². The summed E-state index contributed by atoms with van der Waals surface area (Å²) in [4.78, 5) is 24.9. The van der Waals surface area contributed by atoms with Crippen LogP contribution in [0.1, 0.15) is 35.5 Å². The molecule has 0 radical (unpaired) electrons. The van der Waals surface area contributed by atoms with E-state index in [2.05, 4.69) is 44.4 Å². The second kappa shape index (κ2) is 8.57. The molecule has 9 heteroatoms. The monoisotopic (exact) mass is 459 g/mol. The molecular weight excluding hydrogens is 430 g/mol. The maximum absolute atomic E-state index is 13.4. The number of pyridine rings is 1. The van der Waals surface area contributed by atoms with E-state index in [1.165, 1.54) is 0 Å². The Morgan fingerprint density at radius 2 is 1.88 bits per heavy atom. The SMILES string of the molecule is COc1ccc2c(N3C[C@H](C)N[C@@H](C)C3)ccc(C(=O)Nc3cc(C)c4nc(C)cn4n3)c2n1. The number of carbonyl (C=O) groups excluding carboxylic acids is 1. The number of ether oxygens (including phenoxy) is 1. The van der Waals surface area contributed by atoms with E-state index in [0.29, 0.717) is 34.9 Å². The van der Waals surface area contributed by atoms with Crippen molar-refractivity contribution >= 4 is 34.0 Å². The van der Waals surface area contributed by atoms with Gasteiger partial charge in [-0.1, -0.05) is 0 Å². The summed E-state index contributed by atoms with van der Waals surface area (Å²) in [5.74, 6) is 0.643. The molecule has 1 aliphatic rings. The first-order valence-electron chi connectivity index (χ1n) is 11.5. The van der Waals surface area contributed by atoms with E-state index < -0.39 is 0 Å². The smallest absolute Gasteiger partial charge is 0.259 e. The van der Waals surface area contributed by atoms with Crippen LogP contribution >= 0.6 is 0 Å². The van der Waals surface area contributed by atoms with E-state index >= 15 is 0 Å². The number of amides is 1. The van der Waals surface area contributed by atoms with E-state index in [4.69, 9.17) is 4.74 Å². The highest BCUT2D eigenvalue weighted by atomic mass is 16.5. The normalized spacial score (nSPS) is 18.4. The molecule has 176 valence electrons. The van der Waals surface area contributed by atoms with Crippen molar-refractivity contribution in [2.45, 2.75) is 39.8 Å². The summed E-state index contributed by atoms with van der Waals surface area (Å²) >= 11 is 0. The van der Waals surface area contributed by atoms with Gasteiger partial charge in [-0.05, 0) is 57.5 Å². The van der Waals surface area contributed by atoms with Gasteiger partial charge < -0.3 is 20.3 Å². The number of aromatic nitrogens is 4. The molecule has 1 aromatic carbocycles. The molecule has 5 rings (SSSR count). The first-order chi connectivity index (χ1) is 16.3. The quantitative estimate of drug-likeness (QED) is 0.483. The molecule has 4 heterocycles. The molecule has 2 atom stereocenters. The Bertz CT molecular complexity index is 1390. The Kier molecular flexibility index (Phi) is 5.57. The Balaban J connectivity index is 1.54. The van der Waals surface area contributed by atoms with Crippen LogP contribution in [0.5, 0.6) is 5.88 Å². The fraction of sp³-hybridized carbons (Fsp3) is 0.360. The number of carbonyl (C=O) groups is 1. The topological polar surface area (TPSA) is 96.7 Å². The van der Waals surface area contributed by atoms with Crippen LogP contribution in [0.3, 0.4) is 0 Å². The predicted molar refractivity (Wildman–Crippen MR) is 133 cm³/mol. The van der Waals surface area contributed by atoms with Crippen molar-refractivity contribution in [1.82, 2.24) is 24.9 Å². The predicted octanol–water partition coefficient (Wildman–Crippen LogP) is 3.34. The molecule has 0 aliphatic carbocycles. The summed E-state index contributed by atoms with van der Waals surface area (Å²) in [6, 6.07) is 10.2. The van der Waals surface area contributed by atoms with E-state index in [1.54, 1.807) is 11.6 Å². The molecule has 1 aliphatic heterocycles. The molecule has 34 heavy (non-hydrogen) atoms. The third kappa shape index (κ3) is 4.03. The molecule has 1 saturated heterocycles. The Labute approximate surface area is 198 Å². The van der Waals surface area contributed by atoms with Crippen LogP contribution in [0.15, 0.2) is 36.5 Å². The number of imidazole rings is 1. The van der Waals surface area contributed by atoms with E-state index in [1.807, 2.05) is 50.4 Å². The van der Waals surface area contributed by atoms with Crippen molar-refractivity contribution in [3.63, 3.8) is 0 Å². The van der Waals surface area contributed by atoms with Crippen molar-refractivity contribution in [2.75, 3.05) is 30.4 Å². The summed E-state index contributed by atoms with van der Waals surface area (Å²) in [7, 11) is 1.58. The minimum Gasteiger partial charge on any atom is -0.481 e. The van der Waals surface area contributed by atoms with Gasteiger partial charge in [-0.2, -0.15) is 0 Å². The van der Waals surface area contributed by atoms with Crippen molar-refractivity contribution in [3.05, 3.63) is 53.3 Å². The van der Waals surface area contributed by atoms with Crippen LogP contribution in [-0.2, 0) is 0 Å². The summed E-state index contributed by atoms with van der Waals surface area (Å²) in [6.07, 6.45) is 1.84. The average molecular weight is 460 g/mol. The van der Waals surface area contributed by atoms with E-state index in [-0.39, 0.29) is 5.91 Å². The molecule has 0 unspecified atom stereocenters. The van der Waals surface area contributed by atoms with Gasteiger partial charge in [-0.3, -0.25) is 4.79 Å². The minimum atomic E-state index is -0.276.